The Morgan fingerprint density at radius 2 is 1.18 bits per heavy atom. The van der Waals surface area contributed by atoms with Crippen LogP contribution in [0.3, 0.4) is 0 Å². The van der Waals surface area contributed by atoms with E-state index in [1.807, 2.05) is 0 Å². The third kappa shape index (κ3) is 11.8. The van der Waals surface area contributed by atoms with E-state index in [1.54, 1.807) is 31.3 Å². The molecule has 20 nitrogen and oxygen atoms in total. The van der Waals surface area contributed by atoms with E-state index in [2.05, 4.69) is 36.0 Å². The fourth-order valence-electron chi connectivity index (χ4n) is 6.07. The molecule has 2 aromatic heterocycles. The maximum Gasteiger partial charge on any atom is 0.341 e. The summed E-state index contributed by atoms with van der Waals surface area (Å²) in [6, 6.07) is 19.9. The van der Waals surface area contributed by atoms with Gasteiger partial charge in [0.1, 0.15) is 6.61 Å². The monoisotopic (exact) mass is 1010 g/mol. The number of hydrogen-bond donors (Lipinski definition) is 6. The lowest BCUT2D eigenvalue weighted by atomic mass is 10.1. The first kappa shape index (κ1) is 49.3. The van der Waals surface area contributed by atoms with Gasteiger partial charge in [0.25, 0.3) is 28.8 Å². The molecule has 0 bridgehead atoms. The van der Waals surface area contributed by atoms with Gasteiger partial charge in [-0.1, -0.05) is 47.2 Å². The Morgan fingerprint density at radius 1 is 0.701 bits per heavy atom. The topological polar surface area (TPSA) is 304 Å². The summed E-state index contributed by atoms with van der Waals surface area (Å²) in [6.45, 7) is 1.31. The molecule has 4 aromatic carbocycles. The van der Waals surface area contributed by atoms with E-state index in [9.17, 15) is 45.6 Å². The molecule has 6 N–H and O–H groups in total. The quantitative estimate of drug-likeness (QED) is 0.0966. The number of esters is 1. The van der Waals surface area contributed by atoms with Gasteiger partial charge in [-0.3, -0.25) is 19.2 Å². The number of aliphatic hydroxyl groups excluding tert-OH is 1. The number of halogens is 1. The van der Waals surface area contributed by atoms with Gasteiger partial charge in [-0.25, -0.2) is 36.4 Å². The lowest BCUT2D eigenvalue weighted by Crippen LogP contribution is -2.22. The minimum Gasteiger partial charge on any atom is -0.479 e. The fourth-order valence-corrected chi connectivity index (χ4v) is 10.9. The van der Waals surface area contributed by atoms with E-state index in [4.69, 9.17) is 26.6 Å². The first-order valence-corrected chi connectivity index (χ1v) is 24.2. The lowest BCUT2D eigenvalue weighted by Gasteiger charge is -2.10. The number of fused-ring (bicyclic) bond motifs is 4. The van der Waals surface area contributed by atoms with Crippen LogP contribution in [0, 0.1) is 0 Å². The van der Waals surface area contributed by atoms with Crippen LogP contribution in [0.1, 0.15) is 58.1 Å². The zero-order valence-corrected chi connectivity index (χ0v) is 38.5. The molecule has 0 radical (unpaired) electrons. The molecular formula is C42H35ClN6O14S4. The molecule has 2 aliphatic rings. The number of aliphatic hydroxyl groups is 1. The average molecular weight is 1010 g/mol. The van der Waals surface area contributed by atoms with Crippen LogP contribution in [0.25, 0.3) is 0 Å². The van der Waals surface area contributed by atoms with Crippen molar-refractivity contribution in [1.82, 2.24) is 20.6 Å². The van der Waals surface area contributed by atoms with Gasteiger partial charge in [-0.2, -0.15) is 0 Å². The number of sulfone groups is 2. The number of ether oxygens (including phenoxy) is 2. The summed E-state index contributed by atoms with van der Waals surface area (Å²) >= 11 is 8.09. The van der Waals surface area contributed by atoms with Gasteiger partial charge in [-0.05, 0) is 67.6 Å². The first-order chi connectivity index (χ1) is 31.9. The second-order valence-electron chi connectivity index (χ2n) is 13.5. The Labute approximate surface area is 393 Å². The number of rotatable bonds is 11. The molecule has 0 unspecified atom stereocenters. The minimum absolute atomic E-state index is 0.0148. The Morgan fingerprint density at radius 3 is 1.61 bits per heavy atom. The fraction of sp³-hybridized carbons (Fsp3) is 0.143. The summed E-state index contributed by atoms with van der Waals surface area (Å²) in [7, 11) is -7.86. The number of anilines is 2. The highest BCUT2D eigenvalue weighted by atomic mass is 35.5. The van der Waals surface area contributed by atoms with Crippen LogP contribution in [0.5, 0.6) is 5.19 Å². The van der Waals surface area contributed by atoms with Crippen molar-refractivity contribution in [3.63, 3.8) is 0 Å². The molecule has 8 rings (SSSR count). The summed E-state index contributed by atoms with van der Waals surface area (Å²) in [6.07, 6.45) is 3.01. The molecule has 0 aliphatic carbocycles. The van der Waals surface area contributed by atoms with Crippen molar-refractivity contribution < 1.29 is 65.3 Å². The summed E-state index contributed by atoms with van der Waals surface area (Å²) in [5.74, 6) is -3.74. The molecule has 0 spiro atoms. The Bertz CT molecular complexity index is 3140. The number of carbonyl (C=O) groups excluding carboxylic acids is 5. The van der Waals surface area contributed by atoms with Crippen molar-refractivity contribution in [2.75, 3.05) is 30.5 Å². The Kier molecular flexibility index (Phi) is 15.8. The predicted molar refractivity (Wildman–Crippen MR) is 241 cm³/mol. The molecule has 4 amide bonds. The molecule has 4 heterocycles. The predicted octanol–water partition coefficient (Wildman–Crippen LogP) is 4.60. The van der Waals surface area contributed by atoms with E-state index in [0.29, 0.717) is 16.0 Å². The SMILES string of the molecule is CCOC(=O)CO.O=C(NCc1cnc(Cl)s1)c1ccc2c(c1)NC(=O)c1ccccc1S2(=O)=O.O=C(O)COc1ncc(CNC(=O)c2ccc3c(c2)NC(=O)c2ccccc2S3(=O)=O)s1. The number of hydrogen-bond acceptors (Lipinski definition) is 17. The van der Waals surface area contributed by atoms with Crippen molar-refractivity contribution in [2.45, 2.75) is 39.6 Å². The van der Waals surface area contributed by atoms with Crippen LogP contribution in [0.4, 0.5) is 11.4 Å². The van der Waals surface area contributed by atoms with Crippen LogP contribution in [0.2, 0.25) is 4.47 Å². The number of aliphatic carboxylic acids is 1. The second kappa shape index (κ2) is 21.5. The Balaban J connectivity index is 0.000000195. The van der Waals surface area contributed by atoms with Crippen LogP contribution < -0.4 is 26.0 Å². The largest absolute Gasteiger partial charge is 0.479 e. The number of carbonyl (C=O) groups is 6. The van der Waals surface area contributed by atoms with E-state index in [0.717, 1.165) is 16.2 Å². The van der Waals surface area contributed by atoms with Crippen molar-refractivity contribution in [3.8, 4) is 5.19 Å². The zero-order valence-electron chi connectivity index (χ0n) is 34.5. The molecule has 2 aliphatic heterocycles. The van der Waals surface area contributed by atoms with Crippen molar-refractivity contribution in [3.05, 3.63) is 134 Å². The van der Waals surface area contributed by atoms with Crippen molar-refractivity contribution in [1.29, 1.82) is 0 Å². The molecule has 6 aromatic rings. The molecule has 0 fully saturated rings. The van der Waals surface area contributed by atoms with E-state index in [-0.39, 0.29) is 71.5 Å². The third-order valence-electron chi connectivity index (χ3n) is 9.06. The van der Waals surface area contributed by atoms with E-state index in [1.165, 1.54) is 84.3 Å². The number of nitrogens with one attached hydrogen (secondary N) is 4. The first-order valence-electron chi connectivity index (χ1n) is 19.2. The van der Waals surface area contributed by atoms with Crippen molar-refractivity contribution >= 4 is 101 Å². The second-order valence-corrected chi connectivity index (χ2v) is 20.1. The van der Waals surface area contributed by atoms with E-state index < -0.39 is 68.5 Å². The highest BCUT2D eigenvalue weighted by Gasteiger charge is 2.33. The van der Waals surface area contributed by atoms with Crippen LogP contribution in [-0.4, -0.2) is 92.4 Å². The smallest absolute Gasteiger partial charge is 0.341 e. The number of carboxylic acid groups (broad SMARTS) is 1. The van der Waals surface area contributed by atoms with Crippen LogP contribution in [0.15, 0.2) is 117 Å². The number of nitrogens with zero attached hydrogens (tertiary/aromatic N) is 2. The number of thiazole rings is 2. The number of carboxylic acids is 1. The summed E-state index contributed by atoms with van der Waals surface area (Å²) in [4.78, 5) is 79.3. The zero-order chi connectivity index (χ0) is 48.5. The maximum atomic E-state index is 13.0. The normalized spacial score (nSPS) is 13.5. The molecule has 0 atom stereocenters. The summed E-state index contributed by atoms with van der Waals surface area (Å²) in [5.41, 5.74) is 0.538. The lowest BCUT2D eigenvalue weighted by molar-refractivity contribution is -0.146. The molecule has 0 saturated carbocycles. The van der Waals surface area contributed by atoms with E-state index >= 15 is 0 Å². The highest BCUT2D eigenvalue weighted by Crippen LogP contribution is 2.36. The average Bonchev–Trinajstić information content (AvgIpc) is 3.94. The van der Waals surface area contributed by atoms with Gasteiger partial charge in [0.15, 0.2) is 11.1 Å². The summed E-state index contributed by atoms with van der Waals surface area (Å²) in [5, 5.41) is 27.3. The van der Waals surface area contributed by atoms with Gasteiger partial charge in [-0.15, -0.1) is 11.3 Å². The summed E-state index contributed by atoms with van der Waals surface area (Å²) < 4.78 is 61.5. The van der Waals surface area contributed by atoms with Crippen molar-refractivity contribution in [2.24, 2.45) is 0 Å². The number of benzene rings is 4. The maximum absolute atomic E-state index is 13.0. The third-order valence-corrected chi connectivity index (χ3v) is 14.8. The molecular weight excluding hydrogens is 976 g/mol. The number of aromatic nitrogens is 2. The Hall–Kier alpha value is -7.09. The minimum atomic E-state index is -3.95. The standard InChI is InChI=1S/C20H15N3O7S2.C18H12ClN3O4S2.C4H8O3/c24-17(25)10-30-20-22-9-12(31-20)8-21-18(26)11-5-6-16-14(7-11)23-19(27)13-3-1-2-4-15(13)32(16,28)29;19-18-21-9-11(27-18)8-20-16(23)10-5-6-15-13(7-10)22-17(24)12-3-1-2-4-14(12)28(15,25)26;1-2-7-4(6)3-5/h1-7,9H,8,10H2,(H,21,26)(H,23,27)(H,24,25);1-7,9H,8H2,(H,20,23)(H,22,24);5H,2-3H2,1H3. The van der Waals surface area contributed by atoms with Gasteiger partial charge in [0.2, 0.25) is 19.7 Å². The molecule has 67 heavy (non-hydrogen) atoms. The van der Waals surface area contributed by atoms with Crippen LogP contribution >= 0.6 is 34.3 Å². The molecule has 0 saturated heterocycles. The van der Waals surface area contributed by atoms with Gasteiger partial charge in [0.05, 0.1) is 61.8 Å². The molecule has 348 valence electrons. The van der Waals surface area contributed by atoms with Gasteiger partial charge in [0, 0.05) is 33.3 Å². The number of amides is 4. The van der Waals surface area contributed by atoms with Gasteiger partial charge >= 0.3 is 11.9 Å². The molecule has 25 heteroatoms. The highest BCUT2D eigenvalue weighted by molar-refractivity contribution is 7.92. The van der Waals surface area contributed by atoms with Crippen LogP contribution in [-0.2, 0) is 47.1 Å². The van der Waals surface area contributed by atoms with Gasteiger partial charge < -0.3 is 41.0 Å².